The van der Waals surface area contributed by atoms with E-state index in [9.17, 15) is 0 Å². The van der Waals surface area contributed by atoms with Gasteiger partial charge in [-0.15, -0.1) is 0 Å². The second-order valence-corrected chi connectivity index (χ2v) is 5.26. The summed E-state index contributed by atoms with van der Waals surface area (Å²) in [5.41, 5.74) is 0.679. The Morgan fingerprint density at radius 3 is 2.80 bits per heavy atom. The van der Waals surface area contributed by atoms with Gasteiger partial charge in [-0.3, -0.25) is 0 Å². The van der Waals surface area contributed by atoms with Gasteiger partial charge in [0.1, 0.15) is 5.54 Å². The van der Waals surface area contributed by atoms with Crippen LogP contribution in [0.3, 0.4) is 0 Å². The molecule has 2 nitrogen and oxygen atoms in total. The number of rotatable bonds is 2. The number of halogens is 1. The molecule has 15 heavy (non-hydrogen) atoms. The predicted octanol–water partition coefficient (Wildman–Crippen LogP) is 3.55. The molecule has 0 saturated heterocycles. The van der Waals surface area contributed by atoms with Gasteiger partial charge in [0.2, 0.25) is 0 Å². The lowest BCUT2D eigenvalue weighted by molar-refractivity contribution is 0.244. The minimum atomic E-state index is -0.333. The second-order valence-electron chi connectivity index (χ2n) is 4.34. The number of hydrogen-bond donors (Lipinski definition) is 1. The van der Waals surface area contributed by atoms with E-state index in [0.29, 0.717) is 5.92 Å². The van der Waals surface area contributed by atoms with Crippen molar-refractivity contribution in [2.24, 2.45) is 5.92 Å². The maximum Gasteiger partial charge on any atom is 0.125 e. The van der Waals surface area contributed by atoms with Gasteiger partial charge in [-0.1, -0.05) is 28.9 Å². The fourth-order valence-electron chi connectivity index (χ4n) is 2.19. The molecule has 0 aromatic heterocycles. The smallest absolute Gasteiger partial charge is 0.125 e. The summed E-state index contributed by atoms with van der Waals surface area (Å²) in [4.78, 5) is 0. The van der Waals surface area contributed by atoms with E-state index in [4.69, 9.17) is 5.26 Å². The summed E-state index contributed by atoms with van der Waals surface area (Å²) in [5.74, 6) is 0.657. The van der Waals surface area contributed by atoms with E-state index >= 15 is 0 Å². The number of nitriles is 1. The molecule has 2 rings (SSSR count). The van der Waals surface area contributed by atoms with Crippen molar-refractivity contribution in [1.29, 1.82) is 5.26 Å². The minimum absolute atomic E-state index is 0.333. The second kappa shape index (κ2) is 3.86. The van der Waals surface area contributed by atoms with Crippen molar-refractivity contribution in [3.63, 3.8) is 0 Å². The Labute approximate surface area is 98.4 Å². The van der Waals surface area contributed by atoms with Gasteiger partial charge >= 0.3 is 0 Å². The summed E-state index contributed by atoms with van der Waals surface area (Å²) in [5, 5.41) is 12.5. The van der Waals surface area contributed by atoms with Crippen LogP contribution in [0.25, 0.3) is 0 Å². The van der Waals surface area contributed by atoms with Gasteiger partial charge in [-0.05, 0) is 37.0 Å². The highest BCUT2D eigenvalue weighted by Crippen LogP contribution is 2.39. The quantitative estimate of drug-likeness (QED) is 0.887. The van der Waals surface area contributed by atoms with Crippen LogP contribution in [-0.2, 0) is 0 Å². The molecule has 1 aromatic carbocycles. The molecular weight excluding hydrogens is 252 g/mol. The number of nitrogens with one attached hydrogen (secondary N) is 1. The molecule has 0 spiro atoms. The third kappa shape index (κ3) is 2.15. The summed E-state index contributed by atoms with van der Waals surface area (Å²) < 4.78 is 1.04. The van der Waals surface area contributed by atoms with Crippen molar-refractivity contribution in [2.75, 3.05) is 5.32 Å². The molecule has 1 aliphatic rings. The third-order valence-electron chi connectivity index (χ3n) is 2.82. The molecule has 0 amide bonds. The zero-order valence-electron chi connectivity index (χ0n) is 8.63. The van der Waals surface area contributed by atoms with Gasteiger partial charge in [0, 0.05) is 10.2 Å². The van der Waals surface area contributed by atoms with Crippen molar-refractivity contribution in [3.05, 3.63) is 28.7 Å². The van der Waals surface area contributed by atoms with Crippen LogP contribution in [0.5, 0.6) is 0 Å². The molecule has 1 N–H and O–H groups in total. The maximum atomic E-state index is 9.16. The molecule has 78 valence electrons. The molecule has 0 unspecified atom stereocenters. The van der Waals surface area contributed by atoms with Crippen molar-refractivity contribution in [2.45, 2.75) is 25.3 Å². The van der Waals surface area contributed by atoms with Crippen LogP contribution in [0.15, 0.2) is 28.7 Å². The van der Waals surface area contributed by atoms with Crippen LogP contribution in [-0.4, -0.2) is 5.54 Å². The molecule has 1 fully saturated rings. The standard InChI is InChI=1S/C12H13BrN2/c1-9-6-12(7-9,8-14)15-11-4-2-3-10(13)5-11/h2-5,9,15H,6-7H2,1H3. The average Bonchev–Trinajstić information content (AvgIpc) is 2.15. The van der Waals surface area contributed by atoms with Gasteiger partial charge < -0.3 is 5.32 Å². The first-order chi connectivity index (χ1) is 7.13. The molecule has 0 bridgehead atoms. The molecular formula is C12H13BrN2. The number of hydrogen-bond acceptors (Lipinski definition) is 2. The first-order valence-electron chi connectivity index (χ1n) is 5.08. The number of benzene rings is 1. The van der Waals surface area contributed by atoms with Crippen LogP contribution in [0, 0.1) is 17.2 Å². The zero-order valence-corrected chi connectivity index (χ0v) is 10.2. The molecule has 1 saturated carbocycles. The van der Waals surface area contributed by atoms with E-state index < -0.39 is 0 Å². The van der Waals surface area contributed by atoms with E-state index in [0.717, 1.165) is 23.0 Å². The van der Waals surface area contributed by atoms with Crippen LogP contribution < -0.4 is 5.32 Å². The van der Waals surface area contributed by atoms with Gasteiger partial charge in [-0.2, -0.15) is 5.26 Å². The Bertz CT molecular complexity index is 402. The van der Waals surface area contributed by atoms with Gasteiger partial charge in [0.25, 0.3) is 0 Å². The van der Waals surface area contributed by atoms with Crippen LogP contribution >= 0.6 is 15.9 Å². The SMILES string of the molecule is CC1CC(C#N)(Nc2cccc(Br)c2)C1. The summed E-state index contributed by atoms with van der Waals surface area (Å²) in [6.45, 7) is 2.18. The highest BCUT2D eigenvalue weighted by atomic mass is 79.9. The van der Waals surface area contributed by atoms with Crippen LogP contribution in [0.1, 0.15) is 19.8 Å². The summed E-state index contributed by atoms with van der Waals surface area (Å²) in [7, 11) is 0. The number of nitrogens with zero attached hydrogens (tertiary/aromatic N) is 1. The van der Waals surface area contributed by atoms with Crippen molar-refractivity contribution in [1.82, 2.24) is 0 Å². The first kappa shape index (κ1) is 10.5. The van der Waals surface area contributed by atoms with Gasteiger partial charge in [0.05, 0.1) is 6.07 Å². The fourth-order valence-corrected chi connectivity index (χ4v) is 2.59. The number of anilines is 1. The van der Waals surface area contributed by atoms with Crippen molar-refractivity contribution in [3.8, 4) is 6.07 Å². The highest BCUT2D eigenvalue weighted by Gasteiger charge is 2.42. The Balaban J connectivity index is 2.12. The molecule has 0 heterocycles. The van der Waals surface area contributed by atoms with Crippen LogP contribution in [0.2, 0.25) is 0 Å². The van der Waals surface area contributed by atoms with Gasteiger partial charge in [-0.25, -0.2) is 0 Å². The fraction of sp³-hybridized carbons (Fsp3) is 0.417. The van der Waals surface area contributed by atoms with E-state index in [1.54, 1.807) is 0 Å². The van der Waals surface area contributed by atoms with E-state index in [2.05, 4.69) is 34.2 Å². The van der Waals surface area contributed by atoms with Crippen LogP contribution in [0.4, 0.5) is 5.69 Å². The summed E-state index contributed by atoms with van der Waals surface area (Å²) in [6.07, 6.45) is 1.88. The molecule has 0 atom stereocenters. The first-order valence-corrected chi connectivity index (χ1v) is 5.88. The molecule has 1 aromatic rings. The predicted molar refractivity (Wildman–Crippen MR) is 64.5 cm³/mol. The van der Waals surface area contributed by atoms with E-state index in [1.165, 1.54) is 0 Å². The third-order valence-corrected chi connectivity index (χ3v) is 3.31. The van der Waals surface area contributed by atoms with E-state index in [1.807, 2.05) is 24.3 Å². The lowest BCUT2D eigenvalue weighted by atomic mass is 9.70. The van der Waals surface area contributed by atoms with E-state index in [-0.39, 0.29) is 5.54 Å². The Kier molecular flexibility index (Phi) is 2.70. The van der Waals surface area contributed by atoms with Crippen molar-refractivity contribution >= 4 is 21.6 Å². The lowest BCUT2D eigenvalue weighted by Crippen LogP contribution is -2.48. The topological polar surface area (TPSA) is 35.8 Å². The Morgan fingerprint density at radius 1 is 1.53 bits per heavy atom. The maximum absolute atomic E-state index is 9.16. The average molecular weight is 265 g/mol. The molecule has 3 heteroatoms. The molecule has 1 aliphatic carbocycles. The Hall–Kier alpha value is -1.01. The normalized spacial score (nSPS) is 29.0. The highest BCUT2D eigenvalue weighted by molar-refractivity contribution is 9.10. The van der Waals surface area contributed by atoms with Crippen molar-refractivity contribution < 1.29 is 0 Å². The molecule has 0 aliphatic heterocycles. The monoisotopic (exact) mass is 264 g/mol. The summed E-state index contributed by atoms with van der Waals surface area (Å²) in [6, 6.07) is 10.3. The zero-order chi connectivity index (χ0) is 10.9. The lowest BCUT2D eigenvalue weighted by Gasteiger charge is -2.42. The van der Waals surface area contributed by atoms with Gasteiger partial charge in [0.15, 0.2) is 0 Å². The largest absolute Gasteiger partial charge is 0.367 e. The minimum Gasteiger partial charge on any atom is -0.367 e. The summed E-state index contributed by atoms with van der Waals surface area (Å²) >= 11 is 3.42. The molecule has 0 radical (unpaired) electrons. The Morgan fingerprint density at radius 2 is 2.27 bits per heavy atom.